The highest BCUT2D eigenvalue weighted by molar-refractivity contribution is 5.79. The molecule has 0 aromatic carbocycles. The van der Waals surface area contributed by atoms with Crippen molar-refractivity contribution in [2.24, 2.45) is 5.92 Å². The first-order chi connectivity index (χ1) is 7.66. The van der Waals surface area contributed by atoms with Gasteiger partial charge in [0.2, 0.25) is 0 Å². The summed E-state index contributed by atoms with van der Waals surface area (Å²) in [6, 6.07) is 2.54. The van der Waals surface area contributed by atoms with E-state index in [1.54, 1.807) is 0 Å². The van der Waals surface area contributed by atoms with Crippen molar-refractivity contribution in [2.45, 2.75) is 51.0 Å². The van der Waals surface area contributed by atoms with Crippen molar-refractivity contribution < 1.29 is 4.79 Å². The van der Waals surface area contributed by atoms with Crippen LogP contribution in [0.3, 0.4) is 0 Å². The van der Waals surface area contributed by atoms with Gasteiger partial charge in [0.15, 0.2) is 0 Å². The molecule has 0 atom stereocenters. The number of nitriles is 1. The molecular formula is C13H20N2O. The van der Waals surface area contributed by atoms with Crippen molar-refractivity contribution in [2.75, 3.05) is 13.1 Å². The smallest absolute Gasteiger partial charge is 0.135 e. The lowest BCUT2D eigenvalue weighted by Crippen LogP contribution is -2.53. The first-order valence-electron chi connectivity index (χ1n) is 6.34. The van der Waals surface area contributed by atoms with Crippen LogP contribution in [0.1, 0.15) is 45.4 Å². The van der Waals surface area contributed by atoms with Crippen molar-refractivity contribution in [1.29, 1.82) is 5.26 Å². The molecule has 1 saturated heterocycles. The Bertz CT molecular complexity index is 300. The minimum atomic E-state index is -0.257. The Kier molecular flexibility index (Phi) is 3.30. The van der Waals surface area contributed by atoms with Crippen LogP contribution in [0.4, 0.5) is 0 Å². The van der Waals surface area contributed by atoms with Crippen LogP contribution in [0.25, 0.3) is 0 Å². The molecule has 0 spiro atoms. The Balaban J connectivity index is 2.04. The van der Waals surface area contributed by atoms with Crippen molar-refractivity contribution in [1.82, 2.24) is 4.90 Å². The summed E-state index contributed by atoms with van der Waals surface area (Å²) >= 11 is 0. The van der Waals surface area contributed by atoms with Crippen LogP contribution in [-0.4, -0.2) is 29.3 Å². The van der Waals surface area contributed by atoms with Gasteiger partial charge in [0.1, 0.15) is 11.3 Å². The van der Waals surface area contributed by atoms with E-state index in [4.69, 9.17) is 0 Å². The van der Waals surface area contributed by atoms with E-state index < -0.39 is 0 Å². The van der Waals surface area contributed by atoms with Crippen molar-refractivity contribution in [3.8, 4) is 6.07 Å². The molecule has 0 unspecified atom stereocenters. The summed E-state index contributed by atoms with van der Waals surface area (Å²) in [5.74, 6) is 1.11. The standard InChI is InChI=1S/C13H20N2O/c1-11-2-6-13(10-14,7-3-11)15-8-4-12(16)5-9-15/h11H,2-9H2,1H3. The molecule has 0 aromatic rings. The van der Waals surface area contributed by atoms with Crippen LogP contribution in [0.15, 0.2) is 0 Å². The lowest BCUT2D eigenvalue weighted by atomic mass is 9.76. The minimum absolute atomic E-state index is 0.257. The fraction of sp³-hybridized carbons (Fsp3) is 0.846. The van der Waals surface area contributed by atoms with E-state index in [0.717, 1.165) is 44.7 Å². The van der Waals surface area contributed by atoms with Gasteiger partial charge in [0.25, 0.3) is 0 Å². The zero-order valence-electron chi connectivity index (χ0n) is 10.0. The maximum atomic E-state index is 11.2. The molecule has 2 rings (SSSR count). The molecule has 1 aliphatic heterocycles. The highest BCUT2D eigenvalue weighted by Crippen LogP contribution is 2.37. The second-order valence-electron chi connectivity index (χ2n) is 5.35. The number of ketones is 1. The zero-order chi connectivity index (χ0) is 11.6. The van der Waals surface area contributed by atoms with Gasteiger partial charge in [-0.2, -0.15) is 5.26 Å². The van der Waals surface area contributed by atoms with E-state index in [-0.39, 0.29) is 5.54 Å². The monoisotopic (exact) mass is 220 g/mol. The fourth-order valence-electron chi connectivity index (χ4n) is 2.92. The van der Waals surface area contributed by atoms with Crippen LogP contribution in [0.5, 0.6) is 0 Å². The molecule has 0 aromatic heterocycles. The number of Topliss-reactive ketones (excluding diaryl/α,β-unsaturated/α-hetero) is 1. The van der Waals surface area contributed by atoms with Crippen molar-refractivity contribution in [3.63, 3.8) is 0 Å². The molecule has 2 aliphatic rings. The molecular weight excluding hydrogens is 200 g/mol. The van der Waals surface area contributed by atoms with Crippen LogP contribution < -0.4 is 0 Å². The summed E-state index contributed by atoms with van der Waals surface area (Å²) in [7, 11) is 0. The molecule has 1 saturated carbocycles. The summed E-state index contributed by atoms with van der Waals surface area (Å²) < 4.78 is 0. The molecule has 0 N–H and O–H groups in total. The largest absolute Gasteiger partial charge is 0.300 e. The number of nitrogens with zero attached hydrogens (tertiary/aromatic N) is 2. The van der Waals surface area contributed by atoms with Gasteiger partial charge in [-0.3, -0.25) is 9.69 Å². The van der Waals surface area contributed by atoms with Gasteiger partial charge in [-0.15, -0.1) is 0 Å². The van der Waals surface area contributed by atoms with Crippen LogP contribution >= 0.6 is 0 Å². The molecule has 0 radical (unpaired) electrons. The second-order valence-corrected chi connectivity index (χ2v) is 5.35. The molecule has 3 nitrogen and oxygen atoms in total. The third-order valence-corrected chi connectivity index (χ3v) is 4.24. The van der Waals surface area contributed by atoms with Crippen LogP contribution in [0.2, 0.25) is 0 Å². The Morgan fingerprint density at radius 2 is 1.88 bits per heavy atom. The lowest BCUT2D eigenvalue weighted by molar-refractivity contribution is -0.122. The number of piperidine rings is 1. The maximum absolute atomic E-state index is 11.2. The number of hydrogen-bond acceptors (Lipinski definition) is 3. The number of hydrogen-bond donors (Lipinski definition) is 0. The summed E-state index contributed by atoms with van der Waals surface area (Å²) in [6.45, 7) is 3.85. The summed E-state index contributed by atoms with van der Waals surface area (Å²) in [5, 5.41) is 9.47. The van der Waals surface area contributed by atoms with E-state index in [0.29, 0.717) is 18.6 Å². The van der Waals surface area contributed by atoms with Gasteiger partial charge in [0.05, 0.1) is 6.07 Å². The van der Waals surface area contributed by atoms with Gasteiger partial charge >= 0.3 is 0 Å². The van der Waals surface area contributed by atoms with Gasteiger partial charge in [-0.1, -0.05) is 6.92 Å². The van der Waals surface area contributed by atoms with E-state index >= 15 is 0 Å². The molecule has 1 heterocycles. The average Bonchev–Trinajstić information content (AvgIpc) is 2.32. The molecule has 2 fully saturated rings. The minimum Gasteiger partial charge on any atom is -0.300 e. The zero-order valence-corrected chi connectivity index (χ0v) is 10.0. The average molecular weight is 220 g/mol. The molecule has 88 valence electrons. The second kappa shape index (κ2) is 4.55. The highest BCUT2D eigenvalue weighted by Gasteiger charge is 2.40. The Hall–Kier alpha value is -0.880. The molecule has 3 heteroatoms. The normalized spacial score (nSPS) is 37.0. The van der Waals surface area contributed by atoms with Crippen molar-refractivity contribution >= 4 is 5.78 Å². The number of rotatable bonds is 1. The predicted octanol–water partition coefficient (Wildman–Crippen LogP) is 2.12. The highest BCUT2D eigenvalue weighted by atomic mass is 16.1. The predicted molar refractivity (Wildman–Crippen MR) is 61.8 cm³/mol. The SMILES string of the molecule is CC1CCC(C#N)(N2CCC(=O)CC2)CC1. The van der Waals surface area contributed by atoms with Gasteiger partial charge in [0, 0.05) is 25.9 Å². The number of carbonyl (C=O) groups excluding carboxylic acids is 1. The van der Waals surface area contributed by atoms with E-state index in [9.17, 15) is 10.1 Å². The summed E-state index contributed by atoms with van der Waals surface area (Å²) in [6.07, 6.45) is 5.55. The van der Waals surface area contributed by atoms with Crippen molar-refractivity contribution in [3.05, 3.63) is 0 Å². The molecule has 0 bridgehead atoms. The lowest BCUT2D eigenvalue weighted by Gasteiger charge is -2.44. The number of carbonyl (C=O) groups is 1. The van der Waals surface area contributed by atoms with Crippen LogP contribution in [-0.2, 0) is 4.79 Å². The quantitative estimate of drug-likeness (QED) is 0.680. The summed E-state index contributed by atoms with van der Waals surface area (Å²) in [4.78, 5) is 13.5. The van der Waals surface area contributed by atoms with Crippen LogP contribution in [0, 0.1) is 17.2 Å². The molecule has 16 heavy (non-hydrogen) atoms. The Labute approximate surface area is 97.4 Å². The first kappa shape index (κ1) is 11.6. The van der Waals surface area contributed by atoms with Gasteiger partial charge in [-0.05, 0) is 31.6 Å². The van der Waals surface area contributed by atoms with Gasteiger partial charge in [-0.25, -0.2) is 0 Å². The first-order valence-corrected chi connectivity index (χ1v) is 6.34. The third kappa shape index (κ3) is 2.12. The third-order valence-electron chi connectivity index (χ3n) is 4.24. The maximum Gasteiger partial charge on any atom is 0.135 e. The van der Waals surface area contributed by atoms with E-state index in [1.165, 1.54) is 0 Å². The number of likely N-dealkylation sites (tertiary alicyclic amines) is 1. The summed E-state index contributed by atoms with van der Waals surface area (Å²) in [5.41, 5.74) is -0.257. The molecule has 1 aliphatic carbocycles. The Morgan fingerprint density at radius 1 is 1.31 bits per heavy atom. The Morgan fingerprint density at radius 3 is 2.38 bits per heavy atom. The fourth-order valence-corrected chi connectivity index (χ4v) is 2.92. The van der Waals surface area contributed by atoms with E-state index in [1.807, 2.05) is 0 Å². The van der Waals surface area contributed by atoms with E-state index in [2.05, 4.69) is 17.9 Å². The topological polar surface area (TPSA) is 44.1 Å². The van der Waals surface area contributed by atoms with Gasteiger partial charge < -0.3 is 0 Å². The molecule has 0 amide bonds.